The van der Waals surface area contributed by atoms with Crippen LogP contribution in [0.4, 0.5) is 0 Å². The fourth-order valence-corrected chi connectivity index (χ4v) is 2.12. The summed E-state index contributed by atoms with van der Waals surface area (Å²) in [5.74, 6) is -1.07. The Morgan fingerprint density at radius 2 is 1.44 bits per heavy atom. The lowest BCUT2D eigenvalue weighted by Crippen LogP contribution is -2.66. The smallest absolute Gasteiger partial charge is 0.341 e. The van der Waals surface area contributed by atoms with Gasteiger partial charge in [-0.1, -0.05) is 15.9 Å². The fourth-order valence-electron chi connectivity index (χ4n) is 1.54. The zero-order chi connectivity index (χ0) is 14.4. The largest absolute Gasteiger partial charge is 0.467 e. The molecular weight excluding hydrogens is 306 g/mol. The summed E-state index contributed by atoms with van der Waals surface area (Å²) in [4.78, 5) is 23.6. The zero-order valence-corrected chi connectivity index (χ0v) is 12.8. The number of hydrogen-bond donors (Lipinski definition) is 3. The predicted molar refractivity (Wildman–Crippen MR) is 70.2 cm³/mol. The third-order valence-corrected chi connectivity index (χ3v) is 3.80. The maximum atomic E-state index is 11.9. The first-order valence-electron chi connectivity index (χ1n) is 5.28. The van der Waals surface area contributed by atoms with Crippen LogP contribution in [0, 0.1) is 0 Å². The minimum Gasteiger partial charge on any atom is -0.467 e. The first-order valence-corrected chi connectivity index (χ1v) is 6.07. The highest BCUT2D eigenvalue weighted by atomic mass is 79.9. The molecule has 18 heavy (non-hydrogen) atoms. The first kappa shape index (κ1) is 17.3. The van der Waals surface area contributed by atoms with Crippen LogP contribution in [0.25, 0.3) is 0 Å². The van der Waals surface area contributed by atoms with E-state index < -0.39 is 22.0 Å². The van der Waals surface area contributed by atoms with Crippen molar-refractivity contribution < 1.29 is 19.1 Å². The molecule has 0 aliphatic heterocycles. The third-order valence-electron chi connectivity index (χ3n) is 2.80. The van der Waals surface area contributed by atoms with E-state index in [1.165, 1.54) is 14.2 Å². The van der Waals surface area contributed by atoms with E-state index in [-0.39, 0.29) is 6.42 Å². The van der Waals surface area contributed by atoms with Crippen LogP contribution < -0.4 is 16.0 Å². The summed E-state index contributed by atoms with van der Waals surface area (Å²) >= 11 is 3.25. The van der Waals surface area contributed by atoms with E-state index in [2.05, 4.69) is 31.9 Å². The van der Waals surface area contributed by atoms with Crippen LogP contribution in [-0.4, -0.2) is 57.4 Å². The highest BCUT2D eigenvalue weighted by Crippen LogP contribution is 2.27. The minimum atomic E-state index is -1.21. The number of rotatable bonds is 7. The van der Waals surface area contributed by atoms with Crippen LogP contribution in [0.2, 0.25) is 0 Å². The number of methoxy groups -OCH3 is 2. The average molecular weight is 326 g/mol. The van der Waals surface area contributed by atoms with Gasteiger partial charge in [-0.3, -0.25) is 16.0 Å². The van der Waals surface area contributed by atoms with E-state index in [4.69, 9.17) is 9.47 Å². The Kier molecular flexibility index (Phi) is 6.76. The number of hydrogen-bond acceptors (Lipinski definition) is 7. The van der Waals surface area contributed by atoms with Crippen molar-refractivity contribution in [2.45, 2.75) is 16.5 Å². The molecule has 0 aromatic heterocycles. The van der Waals surface area contributed by atoms with Crippen molar-refractivity contribution in [1.82, 2.24) is 16.0 Å². The molecule has 0 spiro atoms. The van der Waals surface area contributed by atoms with E-state index in [1.54, 1.807) is 21.1 Å². The molecule has 7 nitrogen and oxygen atoms in total. The number of nitrogens with one attached hydrogen (secondary N) is 3. The van der Waals surface area contributed by atoms with Gasteiger partial charge in [-0.05, 0) is 21.1 Å². The summed E-state index contributed by atoms with van der Waals surface area (Å²) in [5.41, 5.74) is -1.21. The Morgan fingerprint density at radius 1 is 1.00 bits per heavy atom. The van der Waals surface area contributed by atoms with Gasteiger partial charge in [-0.2, -0.15) is 0 Å². The molecule has 0 radical (unpaired) electrons. The molecule has 1 atom stereocenters. The van der Waals surface area contributed by atoms with Crippen LogP contribution in [0.5, 0.6) is 0 Å². The lowest BCUT2D eigenvalue weighted by Gasteiger charge is -2.36. The van der Waals surface area contributed by atoms with Gasteiger partial charge >= 0.3 is 11.9 Å². The molecular formula is C10H20BrN3O4. The van der Waals surface area contributed by atoms with Crippen molar-refractivity contribution in [3.05, 3.63) is 0 Å². The monoisotopic (exact) mass is 325 g/mol. The molecule has 0 bridgehead atoms. The van der Waals surface area contributed by atoms with Crippen molar-refractivity contribution in [3.63, 3.8) is 0 Å². The lowest BCUT2D eigenvalue weighted by atomic mass is 10.00. The number of alkyl halides is 1. The minimum absolute atomic E-state index is 0.0445. The third kappa shape index (κ3) is 3.41. The van der Waals surface area contributed by atoms with Gasteiger partial charge in [-0.15, -0.1) is 0 Å². The highest BCUT2D eigenvalue weighted by Gasteiger charge is 2.48. The summed E-state index contributed by atoms with van der Waals surface area (Å²) in [7, 11) is 7.31. The maximum absolute atomic E-state index is 11.9. The second-order valence-electron chi connectivity index (χ2n) is 3.62. The van der Waals surface area contributed by atoms with Gasteiger partial charge < -0.3 is 9.47 Å². The predicted octanol–water partition coefficient (Wildman–Crippen LogP) is -0.832. The van der Waals surface area contributed by atoms with Gasteiger partial charge in [0.05, 0.1) is 14.2 Å². The zero-order valence-electron chi connectivity index (χ0n) is 11.2. The van der Waals surface area contributed by atoms with Crippen molar-refractivity contribution in [1.29, 1.82) is 0 Å². The Balaban J connectivity index is 5.30. The molecule has 0 amide bonds. The van der Waals surface area contributed by atoms with Crippen LogP contribution in [0.15, 0.2) is 0 Å². The Labute approximate surface area is 115 Å². The molecule has 0 aromatic carbocycles. The molecule has 0 aliphatic rings. The van der Waals surface area contributed by atoms with Crippen molar-refractivity contribution in [2.24, 2.45) is 0 Å². The normalized spacial score (nSPS) is 14.8. The van der Waals surface area contributed by atoms with E-state index in [0.717, 1.165) is 0 Å². The lowest BCUT2D eigenvalue weighted by molar-refractivity contribution is -0.152. The summed E-state index contributed by atoms with van der Waals surface area (Å²) < 4.78 is 8.23. The summed E-state index contributed by atoms with van der Waals surface area (Å²) in [5, 5.41) is 8.43. The Morgan fingerprint density at radius 3 is 1.72 bits per heavy atom. The van der Waals surface area contributed by atoms with E-state index in [1.807, 2.05) is 0 Å². The van der Waals surface area contributed by atoms with Crippen molar-refractivity contribution in [2.75, 3.05) is 35.4 Å². The van der Waals surface area contributed by atoms with Gasteiger partial charge in [0.25, 0.3) is 0 Å². The number of carbonyl (C=O) groups excluding carboxylic acids is 2. The summed E-state index contributed by atoms with van der Waals surface area (Å²) in [6.45, 7) is 0. The molecule has 0 rings (SSSR count). The van der Waals surface area contributed by atoms with Gasteiger partial charge in [0, 0.05) is 6.42 Å². The topological polar surface area (TPSA) is 88.7 Å². The number of esters is 2. The Hall–Kier alpha value is -0.700. The molecule has 0 saturated carbocycles. The van der Waals surface area contributed by atoms with Crippen LogP contribution in [-0.2, 0) is 19.1 Å². The van der Waals surface area contributed by atoms with Crippen LogP contribution >= 0.6 is 15.9 Å². The number of ether oxygens (including phenoxy) is 2. The number of halogens is 1. The number of likely N-dealkylation sites (N-methyl/N-ethyl adjacent to an activating group) is 3. The van der Waals surface area contributed by atoms with Crippen LogP contribution in [0.3, 0.4) is 0 Å². The van der Waals surface area contributed by atoms with Gasteiger partial charge in [0.1, 0.15) is 0 Å². The molecule has 106 valence electrons. The van der Waals surface area contributed by atoms with Gasteiger partial charge in [0.15, 0.2) is 10.1 Å². The molecule has 1 unspecified atom stereocenters. The highest BCUT2D eigenvalue weighted by molar-refractivity contribution is 9.10. The molecule has 0 heterocycles. The molecule has 0 fully saturated rings. The Bertz CT molecular complexity index is 309. The van der Waals surface area contributed by atoms with Gasteiger partial charge in [0.2, 0.25) is 0 Å². The van der Waals surface area contributed by atoms with Gasteiger partial charge in [-0.25, -0.2) is 9.59 Å². The molecule has 0 aromatic rings. The fraction of sp³-hybridized carbons (Fsp3) is 0.800. The summed E-state index contributed by atoms with van der Waals surface area (Å²) in [6.07, 6.45) is 0.0445. The summed E-state index contributed by atoms with van der Waals surface area (Å²) in [6, 6.07) is 0. The molecule has 0 saturated heterocycles. The quantitative estimate of drug-likeness (QED) is 0.243. The van der Waals surface area contributed by atoms with Crippen molar-refractivity contribution >= 4 is 27.9 Å². The van der Waals surface area contributed by atoms with E-state index >= 15 is 0 Å². The number of carbonyl (C=O) groups is 2. The second-order valence-corrected chi connectivity index (χ2v) is 4.97. The molecule has 8 heteroatoms. The van der Waals surface area contributed by atoms with E-state index in [0.29, 0.717) is 0 Å². The standard InChI is InChI=1S/C10H20BrN3O4/c1-12-9(11,7(15)17-4)6-10(13-2,14-3)8(16)18-5/h12-14H,6H2,1-5H3. The van der Waals surface area contributed by atoms with Crippen molar-refractivity contribution in [3.8, 4) is 0 Å². The average Bonchev–Trinajstić information content (AvgIpc) is 2.42. The van der Waals surface area contributed by atoms with E-state index in [9.17, 15) is 9.59 Å². The van der Waals surface area contributed by atoms with Crippen LogP contribution in [0.1, 0.15) is 6.42 Å². The first-order chi connectivity index (χ1) is 8.35. The molecule has 0 aliphatic carbocycles. The maximum Gasteiger partial charge on any atom is 0.341 e. The molecule has 3 N–H and O–H groups in total. The second kappa shape index (κ2) is 7.03. The SMILES string of the molecule is CNC(Br)(CC(NC)(NC)C(=O)OC)C(=O)OC.